The van der Waals surface area contributed by atoms with Crippen LogP contribution in [0.25, 0.3) is 0 Å². The topological polar surface area (TPSA) is 63.4 Å². The van der Waals surface area contributed by atoms with Crippen LogP contribution in [0.3, 0.4) is 0 Å². The smallest absolute Gasteiger partial charge is 0.225 e. The molecule has 0 aliphatic rings. The monoisotopic (exact) mass is 276 g/mol. The van der Waals surface area contributed by atoms with Crippen molar-refractivity contribution in [3.05, 3.63) is 35.9 Å². The van der Waals surface area contributed by atoms with E-state index in [0.717, 1.165) is 5.56 Å². The first kappa shape index (κ1) is 16.2. The van der Waals surface area contributed by atoms with Crippen LogP contribution in [-0.2, 0) is 9.59 Å². The molecule has 0 aliphatic heterocycles. The SMILES string of the molecule is CC(C)N(C(=O)CC(C(N)=O)c1ccccc1)C(C)C. The van der Waals surface area contributed by atoms with E-state index in [1.807, 2.05) is 58.0 Å². The molecule has 1 aromatic rings. The Morgan fingerprint density at radius 2 is 1.55 bits per heavy atom. The third-order valence-electron chi connectivity index (χ3n) is 3.32. The molecule has 20 heavy (non-hydrogen) atoms. The lowest BCUT2D eigenvalue weighted by atomic mass is 9.94. The van der Waals surface area contributed by atoms with Gasteiger partial charge in [0.05, 0.1) is 5.92 Å². The summed E-state index contributed by atoms with van der Waals surface area (Å²) in [5.74, 6) is -1.07. The van der Waals surface area contributed by atoms with Gasteiger partial charge >= 0.3 is 0 Å². The summed E-state index contributed by atoms with van der Waals surface area (Å²) in [6.45, 7) is 7.89. The largest absolute Gasteiger partial charge is 0.369 e. The third-order valence-corrected chi connectivity index (χ3v) is 3.32. The molecule has 0 fully saturated rings. The maximum atomic E-state index is 12.4. The molecule has 1 atom stereocenters. The number of nitrogens with two attached hydrogens (primary N) is 1. The zero-order valence-corrected chi connectivity index (χ0v) is 12.7. The summed E-state index contributed by atoms with van der Waals surface area (Å²) in [4.78, 5) is 25.9. The van der Waals surface area contributed by atoms with E-state index in [4.69, 9.17) is 5.73 Å². The van der Waals surface area contributed by atoms with Gasteiger partial charge in [-0.1, -0.05) is 30.3 Å². The second kappa shape index (κ2) is 7.08. The molecule has 0 aromatic heterocycles. The fourth-order valence-electron chi connectivity index (χ4n) is 2.52. The zero-order valence-electron chi connectivity index (χ0n) is 12.7. The number of hydrogen-bond acceptors (Lipinski definition) is 2. The average Bonchev–Trinajstić information content (AvgIpc) is 2.35. The summed E-state index contributed by atoms with van der Waals surface area (Å²) in [5, 5.41) is 0. The highest BCUT2D eigenvalue weighted by molar-refractivity contribution is 5.88. The Morgan fingerprint density at radius 1 is 1.05 bits per heavy atom. The van der Waals surface area contributed by atoms with E-state index >= 15 is 0 Å². The van der Waals surface area contributed by atoms with Gasteiger partial charge in [-0.2, -0.15) is 0 Å². The summed E-state index contributed by atoms with van der Waals surface area (Å²) in [7, 11) is 0. The molecular weight excluding hydrogens is 252 g/mol. The molecule has 0 aliphatic carbocycles. The average molecular weight is 276 g/mol. The molecule has 0 radical (unpaired) electrons. The maximum Gasteiger partial charge on any atom is 0.225 e. The van der Waals surface area contributed by atoms with Crippen molar-refractivity contribution >= 4 is 11.8 Å². The van der Waals surface area contributed by atoms with Crippen molar-refractivity contribution in [2.75, 3.05) is 0 Å². The number of amides is 2. The first-order chi connectivity index (χ1) is 9.34. The summed E-state index contributed by atoms with van der Waals surface area (Å²) in [6.07, 6.45) is 0.121. The van der Waals surface area contributed by atoms with Crippen LogP contribution in [0.1, 0.15) is 45.6 Å². The molecule has 1 aromatic carbocycles. The van der Waals surface area contributed by atoms with Crippen molar-refractivity contribution in [2.24, 2.45) is 5.73 Å². The lowest BCUT2D eigenvalue weighted by molar-refractivity contribution is -0.137. The van der Waals surface area contributed by atoms with Crippen LogP contribution in [0, 0.1) is 0 Å². The number of hydrogen-bond donors (Lipinski definition) is 1. The minimum atomic E-state index is -0.566. The zero-order chi connectivity index (χ0) is 15.3. The molecule has 2 N–H and O–H groups in total. The highest BCUT2D eigenvalue weighted by atomic mass is 16.2. The van der Waals surface area contributed by atoms with Gasteiger partial charge in [-0.15, -0.1) is 0 Å². The Bertz CT molecular complexity index is 447. The second-order valence-electron chi connectivity index (χ2n) is 5.56. The third kappa shape index (κ3) is 4.08. The summed E-state index contributed by atoms with van der Waals surface area (Å²) in [6, 6.07) is 9.43. The van der Waals surface area contributed by atoms with Gasteiger partial charge in [-0.3, -0.25) is 9.59 Å². The predicted octanol–water partition coefficient (Wildman–Crippen LogP) is 2.29. The Labute approximate surface area is 121 Å². The minimum Gasteiger partial charge on any atom is -0.369 e. The number of primary amides is 1. The molecule has 0 saturated carbocycles. The van der Waals surface area contributed by atoms with Crippen LogP contribution in [-0.4, -0.2) is 28.8 Å². The van der Waals surface area contributed by atoms with Gasteiger partial charge in [0.1, 0.15) is 0 Å². The van der Waals surface area contributed by atoms with Crippen molar-refractivity contribution in [3.63, 3.8) is 0 Å². The standard InChI is InChI=1S/C16H24N2O2/c1-11(2)18(12(3)4)15(19)10-14(16(17)20)13-8-6-5-7-9-13/h5-9,11-12,14H,10H2,1-4H3,(H2,17,20). The molecular formula is C16H24N2O2. The van der Waals surface area contributed by atoms with Crippen LogP contribution in [0.4, 0.5) is 0 Å². The van der Waals surface area contributed by atoms with Crippen molar-refractivity contribution in [1.82, 2.24) is 4.90 Å². The molecule has 1 rings (SSSR count). The van der Waals surface area contributed by atoms with E-state index in [9.17, 15) is 9.59 Å². The molecule has 0 spiro atoms. The van der Waals surface area contributed by atoms with Crippen LogP contribution in [0.15, 0.2) is 30.3 Å². The van der Waals surface area contributed by atoms with Gasteiger partial charge < -0.3 is 10.6 Å². The Hall–Kier alpha value is -1.84. The lowest BCUT2D eigenvalue weighted by Gasteiger charge is -2.32. The van der Waals surface area contributed by atoms with Crippen LogP contribution in [0.5, 0.6) is 0 Å². The molecule has 0 bridgehead atoms. The predicted molar refractivity (Wildman–Crippen MR) is 80.1 cm³/mol. The second-order valence-corrected chi connectivity index (χ2v) is 5.56. The van der Waals surface area contributed by atoms with Crippen molar-refractivity contribution in [3.8, 4) is 0 Å². The van der Waals surface area contributed by atoms with Crippen LogP contribution in [0.2, 0.25) is 0 Å². The molecule has 4 nitrogen and oxygen atoms in total. The number of benzene rings is 1. The van der Waals surface area contributed by atoms with Crippen molar-refractivity contribution < 1.29 is 9.59 Å². The Morgan fingerprint density at radius 3 is 1.95 bits per heavy atom. The first-order valence-electron chi connectivity index (χ1n) is 7.00. The number of carbonyl (C=O) groups is 2. The van der Waals surface area contributed by atoms with Gasteiger partial charge in [0.25, 0.3) is 0 Å². The highest BCUT2D eigenvalue weighted by Gasteiger charge is 2.27. The van der Waals surface area contributed by atoms with Gasteiger partial charge in [-0.25, -0.2) is 0 Å². The maximum absolute atomic E-state index is 12.4. The van der Waals surface area contributed by atoms with E-state index in [-0.39, 0.29) is 24.4 Å². The summed E-state index contributed by atoms with van der Waals surface area (Å²) >= 11 is 0. The molecule has 0 saturated heterocycles. The fourth-order valence-corrected chi connectivity index (χ4v) is 2.52. The molecule has 2 amide bonds. The molecule has 1 unspecified atom stereocenters. The van der Waals surface area contributed by atoms with Gasteiger partial charge in [0.15, 0.2) is 0 Å². The molecule has 0 heterocycles. The van der Waals surface area contributed by atoms with Gasteiger partial charge in [0.2, 0.25) is 11.8 Å². The summed E-state index contributed by atoms with van der Waals surface area (Å²) < 4.78 is 0. The van der Waals surface area contributed by atoms with Crippen LogP contribution < -0.4 is 5.73 Å². The van der Waals surface area contributed by atoms with Crippen molar-refractivity contribution in [1.29, 1.82) is 0 Å². The Balaban J connectivity index is 2.92. The number of nitrogens with zero attached hydrogens (tertiary/aromatic N) is 1. The van der Waals surface area contributed by atoms with E-state index < -0.39 is 11.8 Å². The highest BCUT2D eigenvalue weighted by Crippen LogP contribution is 2.21. The van der Waals surface area contributed by atoms with Gasteiger partial charge in [-0.05, 0) is 33.3 Å². The van der Waals surface area contributed by atoms with E-state index in [1.165, 1.54) is 0 Å². The van der Waals surface area contributed by atoms with Gasteiger partial charge in [0, 0.05) is 18.5 Å². The fraction of sp³-hybridized carbons (Fsp3) is 0.500. The Kier molecular flexibility index (Phi) is 5.74. The quantitative estimate of drug-likeness (QED) is 0.866. The minimum absolute atomic E-state index is 0.0392. The first-order valence-corrected chi connectivity index (χ1v) is 7.00. The van der Waals surface area contributed by atoms with E-state index in [2.05, 4.69) is 0 Å². The number of rotatable bonds is 6. The van der Waals surface area contributed by atoms with Crippen molar-refractivity contribution in [2.45, 2.75) is 52.1 Å². The lowest BCUT2D eigenvalue weighted by Crippen LogP contribution is -2.43. The number of carbonyl (C=O) groups excluding carboxylic acids is 2. The normalized spacial score (nSPS) is 12.5. The molecule has 4 heteroatoms. The molecule has 110 valence electrons. The van der Waals surface area contributed by atoms with Crippen LogP contribution >= 0.6 is 0 Å². The van der Waals surface area contributed by atoms with E-state index in [1.54, 1.807) is 4.90 Å². The summed E-state index contributed by atoms with van der Waals surface area (Å²) in [5.41, 5.74) is 6.25. The van der Waals surface area contributed by atoms with E-state index in [0.29, 0.717) is 0 Å².